The van der Waals surface area contributed by atoms with Crippen LogP contribution in [0.1, 0.15) is 19.4 Å². The highest BCUT2D eigenvalue weighted by molar-refractivity contribution is 5.85. The van der Waals surface area contributed by atoms with Crippen LogP contribution in [-0.4, -0.2) is 5.84 Å². The molecule has 20 heavy (non-hydrogen) atoms. The van der Waals surface area contributed by atoms with Crippen LogP contribution in [0.3, 0.4) is 0 Å². The van der Waals surface area contributed by atoms with E-state index in [4.69, 9.17) is 4.84 Å². The molecule has 0 radical (unpaired) electrons. The van der Waals surface area contributed by atoms with Crippen molar-refractivity contribution in [2.75, 3.05) is 0 Å². The maximum atomic E-state index is 5.53. The fraction of sp³-hybridized carbons (Fsp3) is 0.235. The summed E-state index contributed by atoms with van der Waals surface area (Å²) >= 11 is 0. The Bertz CT molecular complexity index is 535. The molecule has 0 aromatic heterocycles. The summed E-state index contributed by atoms with van der Waals surface area (Å²) in [7, 11) is 0. The van der Waals surface area contributed by atoms with Gasteiger partial charge in [-0.3, -0.25) is 10.3 Å². The molecule has 0 atom stereocenters. The van der Waals surface area contributed by atoms with E-state index in [1.54, 1.807) is 0 Å². The molecule has 2 rings (SSSR count). The fourth-order valence-corrected chi connectivity index (χ4v) is 1.68. The van der Waals surface area contributed by atoms with Crippen LogP contribution in [0.25, 0.3) is 0 Å². The lowest BCUT2D eigenvalue weighted by molar-refractivity contribution is 0.0683. The van der Waals surface area contributed by atoms with Crippen molar-refractivity contribution in [3.05, 3.63) is 66.2 Å². The molecular formula is C17H20N2O. The van der Waals surface area contributed by atoms with Crippen molar-refractivity contribution in [3.8, 4) is 0 Å². The van der Waals surface area contributed by atoms with Gasteiger partial charge in [0.1, 0.15) is 5.84 Å². The Labute approximate surface area is 120 Å². The van der Waals surface area contributed by atoms with Crippen LogP contribution >= 0.6 is 0 Å². The maximum absolute atomic E-state index is 5.53. The number of hydrogen-bond acceptors (Lipinski definition) is 2. The van der Waals surface area contributed by atoms with E-state index >= 15 is 0 Å². The fourth-order valence-electron chi connectivity index (χ4n) is 1.68. The van der Waals surface area contributed by atoms with Gasteiger partial charge in [-0.25, -0.2) is 4.99 Å². The van der Waals surface area contributed by atoms with Crippen LogP contribution < -0.4 is 5.48 Å². The van der Waals surface area contributed by atoms with E-state index in [9.17, 15) is 0 Å². The number of para-hydroxylation sites is 1. The van der Waals surface area contributed by atoms with Crippen molar-refractivity contribution >= 4 is 11.5 Å². The topological polar surface area (TPSA) is 33.6 Å². The lowest BCUT2D eigenvalue weighted by Crippen LogP contribution is -2.28. The van der Waals surface area contributed by atoms with Gasteiger partial charge < -0.3 is 0 Å². The highest BCUT2D eigenvalue weighted by Gasteiger charge is 2.05. The van der Waals surface area contributed by atoms with Gasteiger partial charge in [0, 0.05) is 5.92 Å². The molecular weight excluding hydrogens is 248 g/mol. The van der Waals surface area contributed by atoms with Crippen molar-refractivity contribution in [3.63, 3.8) is 0 Å². The van der Waals surface area contributed by atoms with Crippen LogP contribution in [0.2, 0.25) is 0 Å². The molecule has 0 saturated heterocycles. The Kier molecular flexibility index (Phi) is 5.33. The first-order valence-corrected chi connectivity index (χ1v) is 6.81. The Morgan fingerprint density at radius 1 is 1.00 bits per heavy atom. The Morgan fingerprint density at radius 2 is 1.60 bits per heavy atom. The second-order valence-electron chi connectivity index (χ2n) is 4.86. The quantitative estimate of drug-likeness (QED) is 0.503. The molecule has 0 spiro atoms. The number of aliphatic imine (C=N–C) groups is 1. The molecule has 2 aromatic rings. The normalized spacial score (nSPS) is 11.7. The summed E-state index contributed by atoms with van der Waals surface area (Å²) in [6.45, 7) is 4.68. The van der Waals surface area contributed by atoms with E-state index in [1.165, 1.54) is 0 Å². The number of rotatable bonds is 5. The molecule has 2 aromatic carbocycles. The first kappa shape index (κ1) is 14.3. The molecule has 0 unspecified atom stereocenters. The lowest BCUT2D eigenvalue weighted by atomic mass is 10.2. The van der Waals surface area contributed by atoms with Crippen LogP contribution in [0.4, 0.5) is 5.69 Å². The SMILES string of the molecule is CC(C)C(=Nc1ccccc1)NOCc1ccccc1. The summed E-state index contributed by atoms with van der Waals surface area (Å²) < 4.78 is 0. The molecule has 1 N–H and O–H groups in total. The van der Waals surface area contributed by atoms with Crippen molar-refractivity contribution in [2.24, 2.45) is 10.9 Å². The summed E-state index contributed by atoms with van der Waals surface area (Å²) in [5, 5.41) is 0. The van der Waals surface area contributed by atoms with Gasteiger partial charge >= 0.3 is 0 Å². The summed E-state index contributed by atoms with van der Waals surface area (Å²) in [5.74, 6) is 1.10. The van der Waals surface area contributed by atoms with E-state index in [0.717, 1.165) is 17.1 Å². The predicted octanol–water partition coefficient (Wildman–Crippen LogP) is 4.09. The van der Waals surface area contributed by atoms with Gasteiger partial charge in [0.2, 0.25) is 0 Å². The lowest BCUT2D eigenvalue weighted by Gasteiger charge is -2.13. The molecule has 104 valence electrons. The largest absolute Gasteiger partial charge is 0.270 e. The van der Waals surface area contributed by atoms with E-state index in [2.05, 4.69) is 24.3 Å². The summed E-state index contributed by atoms with van der Waals surface area (Å²) in [5.41, 5.74) is 5.02. The minimum Gasteiger partial charge on any atom is -0.270 e. The number of amidine groups is 1. The predicted molar refractivity (Wildman–Crippen MR) is 82.7 cm³/mol. The van der Waals surface area contributed by atoms with Gasteiger partial charge in [-0.05, 0) is 17.7 Å². The third-order valence-electron chi connectivity index (χ3n) is 2.81. The highest BCUT2D eigenvalue weighted by Crippen LogP contribution is 2.12. The molecule has 0 fully saturated rings. The molecule has 0 aliphatic carbocycles. The maximum Gasteiger partial charge on any atom is 0.129 e. The van der Waals surface area contributed by atoms with E-state index in [1.807, 2.05) is 60.7 Å². The minimum atomic E-state index is 0.269. The summed E-state index contributed by atoms with van der Waals surface area (Å²) in [6.07, 6.45) is 0. The second kappa shape index (κ2) is 7.46. The third-order valence-corrected chi connectivity index (χ3v) is 2.81. The standard InChI is InChI=1S/C17H20N2O/c1-14(2)17(18-16-11-7-4-8-12-16)19-20-13-15-9-5-3-6-10-15/h3-12,14H,13H2,1-2H3,(H,18,19). The van der Waals surface area contributed by atoms with Crippen molar-refractivity contribution < 1.29 is 4.84 Å². The minimum absolute atomic E-state index is 0.269. The van der Waals surface area contributed by atoms with Crippen LogP contribution in [0.15, 0.2) is 65.7 Å². The number of nitrogens with one attached hydrogen (secondary N) is 1. The molecule has 0 amide bonds. The zero-order chi connectivity index (χ0) is 14.2. The first-order chi connectivity index (χ1) is 9.75. The monoisotopic (exact) mass is 268 g/mol. The summed E-state index contributed by atoms with van der Waals surface area (Å²) in [4.78, 5) is 10.1. The first-order valence-electron chi connectivity index (χ1n) is 6.81. The molecule has 3 heteroatoms. The number of benzene rings is 2. The van der Waals surface area contributed by atoms with Gasteiger partial charge in [-0.2, -0.15) is 0 Å². The van der Waals surface area contributed by atoms with Gasteiger partial charge in [0.15, 0.2) is 0 Å². The Morgan fingerprint density at radius 3 is 2.20 bits per heavy atom. The number of nitrogens with zero attached hydrogens (tertiary/aromatic N) is 1. The Hall–Kier alpha value is -2.13. The van der Waals surface area contributed by atoms with Gasteiger partial charge in [0.05, 0.1) is 12.3 Å². The van der Waals surface area contributed by atoms with Crippen LogP contribution in [-0.2, 0) is 11.4 Å². The summed E-state index contributed by atoms with van der Waals surface area (Å²) in [6, 6.07) is 19.9. The van der Waals surface area contributed by atoms with Crippen LogP contribution in [0, 0.1) is 5.92 Å². The van der Waals surface area contributed by atoms with E-state index < -0.39 is 0 Å². The van der Waals surface area contributed by atoms with Gasteiger partial charge in [0.25, 0.3) is 0 Å². The third kappa shape index (κ3) is 4.52. The molecule has 0 aliphatic heterocycles. The average Bonchev–Trinajstić information content (AvgIpc) is 2.48. The molecule has 0 heterocycles. The van der Waals surface area contributed by atoms with Gasteiger partial charge in [-0.15, -0.1) is 0 Å². The van der Waals surface area contributed by atoms with E-state index in [0.29, 0.717) is 6.61 Å². The Balaban J connectivity index is 1.95. The number of hydroxylamine groups is 1. The molecule has 0 saturated carbocycles. The molecule has 0 bridgehead atoms. The highest BCUT2D eigenvalue weighted by atomic mass is 16.6. The smallest absolute Gasteiger partial charge is 0.129 e. The second-order valence-corrected chi connectivity index (χ2v) is 4.86. The van der Waals surface area contributed by atoms with Crippen LogP contribution in [0.5, 0.6) is 0 Å². The average molecular weight is 268 g/mol. The zero-order valence-electron chi connectivity index (χ0n) is 11.9. The molecule has 0 aliphatic rings. The number of hydrogen-bond donors (Lipinski definition) is 1. The molecule has 3 nitrogen and oxygen atoms in total. The van der Waals surface area contributed by atoms with E-state index in [-0.39, 0.29) is 5.92 Å². The van der Waals surface area contributed by atoms with Gasteiger partial charge in [-0.1, -0.05) is 62.4 Å². The van der Waals surface area contributed by atoms with Crippen molar-refractivity contribution in [1.29, 1.82) is 0 Å². The van der Waals surface area contributed by atoms with Crippen molar-refractivity contribution in [2.45, 2.75) is 20.5 Å². The van der Waals surface area contributed by atoms with Crippen molar-refractivity contribution in [1.82, 2.24) is 5.48 Å². The zero-order valence-corrected chi connectivity index (χ0v) is 11.9.